The molecule has 0 aliphatic heterocycles. The molecule has 1 aromatic heterocycles. The van der Waals surface area contributed by atoms with Gasteiger partial charge in [-0.1, -0.05) is 12.1 Å². The normalized spacial score (nSPS) is 10.9. The average molecular weight is 392 g/mol. The summed E-state index contributed by atoms with van der Waals surface area (Å²) in [6.45, 7) is 0. The summed E-state index contributed by atoms with van der Waals surface area (Å²) in [4.78, 5) is 15.9. The smallest absolute Gasteiger partial charge is 0.249 e. The molecular weight excluding hydrogens is 375 g/mol. The van der Waals surface area contributed by atoms with Crippen molar-refractivity contribution in [2.75, 3.05) is 14.2 Å². The monoisotopic (exact) mass is 392 g/mol. The van der Waals surface area contributed by atoms with Crippen LogP contribution in [-0.2, 0) is 0 Å². The van der Waals surface area contributed by atoms with Crippen molar-refractivity contribution in [3.05, 3.63) is 66.1 Å². The van der Waals surface area contributed by atoms with Gasteiger partial charge in [0.25, 0.3) is 0 Å². The van der Waals surface area contributed by atoms with Gasteiger partial charge in [0.1, 0.15) is 5.75 Å². The van der Waals surface area contributed by atoms with Crippen molar-refractivity contribution in [1.29, 1.82) is 0 Å². The van der Waals surface area contributed by atoms with Crippen LogP contribution >= 0.6 is 0 Å². The molecule has 1 heterocycles. The van der Waals surface area contributed by atoms with Crippen molar-refractivity contribution in [1.82, 2.24) is 4.98 Å². The van der Waals surface area contributed by atoms with Crippen molar-refractivity contribution >= 4 is 27.6 Å². The van der Waals surface area contributed by atoms with E-state index >= 15 is 4.39 Å². The van der Waals surface area contributed by atoms with E-state index in [4.69, 9.17) is 19.9 Å². The number of hydrogen-bond donors (Lipinski definition) is 1. The molecule has 1 amide bonds. The SMILES string of the molecule is COc1cc2nccc(Oc3ccc4c(C(N)=O)cccc4c3F)c2cc1OC. The third kappa shape index (κ3) is 3.16. The van der Waals surface area contributed by atoms with E-state index in [-0.39, 0.29) is 16.7 Å². The lowest BCUT2D eigenvalue weighted by molar-refractivity contribution is 0.100. The van der Waals surface area contributed by atoms with E-state index in [2.05, 4.69) is 4.98 Å². The Morgan fingerprint density at radius 3 is 2.38 bits per heavy atom. The minimum Gasteiger partial charge on any atom is -0.493 e. The number of benzene rings is 3. The molecule has 0 unspecified atom stereocenters. The van der Waals surface area contributed by atoms with Crippen LogP contribution < -0.4 is 19.9 Å². The number of rotatable bonds is 5. The van der Waals surface area contributed by atoms with Gasteiger partial charge < -0.3 is 19.9 Å². The number of fused-ring (bicyclic) bond motifs is 2. The van der Waals surface area contributed by atoms with Gasteiger partial charge >= 0.3 is 0 Å². The van der Waals surface area contributed by atoms with Crippen LogP contribution in [0.2, 0.25) is 0 Å². The zero-order chi connectivity index (χ0) is 20.5. The van der Waals surface area contributed by atoms with Gasteiger partial charge in [0, 0.05) is 28.6 Å². The highest BCUT2D eigenvalue weighted by Crippen LogP contribution is 2.38. The van der Waals surface area contributed by atoms with E-state index in [1.54, 1.807) is 48.7 Å². The number of nitrogens with zero attached hydrogens (tertiary/aromatic N) is 1. The Morgan fingerprint density at radius 1 is 0.897 bits per heavy atom. The first-order valence-corrected chi connectivity index (χ1v) is 8.73. The molecule has 3 aromatic carbocycles. The number of ether oxygens (including phenoxy) is 3. The second-order valence-corrected chi connectivity index (χ2v) is 6.28. The van der Waals surface area contributed by atoms with E-state index in [0.29, 0.717) is 33.5 Å². The lowest BCUT2D eigenvalue weighted by atomic mass is 10.0. The van der Waals surface area contributed by atoms with E-state index in [1.807, 2.05) is 0 Å². The number of halogens is 1. The summed E-state index contributed by atoms with van der Waals surface area (Å²) in [6.07, 6.45) is 1.56. The van der Waals surface area contributed by atoms with Gasteiger partial charge in [0.15, 0.2) is 23.1 Å². The minimum atomic E-state index is -0.621. The Morgan fingerprint density at radius 2 is 1.66 bits per heavy atom. The summed E-state index contributed by atoms with van der Waals surface area (Å²) in [7, 11) is 3.06. The Kier molecular flexibility index (Phi) is 4.64. The molecule has 6 nitrogen and oxygen atoms in total. The van der Waals surface area contributed by atoms with E-state index in [1.165, 1.54) is 20.3 Å². The molecule has 2 N–H and O–H groups in total. The molecule has 146 valence electrons. The molecule has 0 spiro atoms. The van der Waals surface area contributed by atoms with Crippen LogP contribution in [0.3, 0.4) is 0 Å². The number of amides is 1. The van der Waals surface area contributed by atoms with E-state index < -0.39 is 11.7 Å². The predicted molar refractivity (Wildman–Crippen MR) is 107 cm³/mol. The highest BCUT2D eigenvalue weighted by molar-refractivity contribution is 6.06. The van der Waals surface area contributed by atoms with Crippen molar-refractivity contribution in [2.24, 2.45) is 5.73 Å². The molecule has 7 heteroatoms. The third-order valence-electron chi connectivity index (χ3n) is 4.65. The number of pyridine rings is 1. The van der Waals surface area contributed by atoms with E-state index in [0.717, 1.165) is 0 Å². The van der Waals surface area contributed by atoms with Gasteiger partial charge in [-0.05, 0) is 35.7 Å². The fourth-order valence-electron chi connectivity index (χ4n) is 3.25. The maximum absolute atomic E-state index is 15.1. The Labute approximate surface area is 165 Å². The Bertz CT molecular complexity index is 1260. The molecule has 0 fully saturated rings. The summed E-state index contributed by atoms with van der Waals surface area (Å²) >= 11 is 0. The van der Waals surface area contributed by atoms with Crippen LogP contribution in [0, 0.1) is 5.82 Å². The predicted octanol–water partition coefficient (Wildman–Crippen LogP) is 4.44. The number of primary amides is 1. The highest BCUT2D eigenvalue weighted by atomic mass is 19.1. The van der Waals surface area contributed by atoms with Crippen LogP contribution in [0.1, 0.15) is 10.4 Å². The van der Waals surface area contributed by atoms with Gasteiger partial charge in [-0.2, -0.15) is 0 Å². The quantitative estimate of drug-likeness (QED) is 0.543. The lowest BCUT2D eigenvalue weighted by Gasteiger charge is -2.13. The van der Waals surface area contributed by atoms with Crippen molar-refractivity contribution in [2.45, 2.75) is 0 Å². The molecule has 0 radical (unpaired) electrons. The summed E-state index contributed by atoms with van der Waals surface area (Å²) in [5, 5.41) is 1.31. The number of aromatic nitrogens is 1. The zero-order valence-corrected chi connectivity index (χ0v) is 15.7. The second-order valence-electron chi connectivity index (χ2n) is 6.28. The van der Waals surface area contributed by atoms with Crippen molar-refractivity contribution in [3.8, 4) is 23.0 Å². The first kappa shape index (κ1) is 18.5. The van der Waals surface area contributed by atoms with Crippen LogP contribution in [0.25, 0.3) is 21.7 Å². The van der Waals surface area contributed by atoms with Gasteiger partial charge in [-0.25, -0.2) is 4.39 Å². The molecule has 4 aromatic rings. The largest absolute Gasteiger partial charge is 0.493 e. The summed E-state index contributed by atoms with van der Waals surface area (Å²) in [6, 6.07) is 12.9. The fraction of sp³-hybridized carbons (Fsp3) is 0.0909. The first-order chi connectivity index (χ1) is 14.0. The number of nitrogens with two attached hydrogens (primary N) is 1. The lowest BCUT2D eigenvalue weighted by Crippen LogP contribution is -2.11. The van der Waals surface area contributed by atoms with Crippen LogP contribution in [-0.4, -0.2) is 25.1 Å². The second kappa shape index (κ2) is 7.27. The standard InChI is InChI=1S/C22H17FN2O4/c1-27-19-10-15-16(11-20(19)28-2)25-9-8-17(15)29-18-7-6-12-13(21(18)23)4-3-5-14(12)22(24)26/h3-11H,1-2H3,(H2,24,26). The fourth-order valence-corrected chi connectivity index (χ4v) is 3.25. The van der Waals surface area contributed by atoms with Gasteiger partial charge in [0.2, 0.25) is 5.91 Å². The van der Waals surface area contributed by atoms with Crippen LogP contribution in [0.5, 0.6) is 23.0 Å². The Hall–Kier alpha value is -3.87. The number of carbonyl (C=O) groups is 1. The average Bonchev–Trinajstić information content (AvgIpc) is 2.74. The molecule has 0 saturated carbocycles. The van der Waals surface area contributed by atoms with Crippen molar-refractivity contribution < 1.29 is 23.4 Å². The highest BCUT2D eigenvalue weighted by Gasteiger charge is 2.16. The van der Waals surface area contributed by atoms with E-state index in [9.17, 15) is 4.79 Å². The maximum atomic E-state index is 15.1. The number of carbonyl (C=O) groups excluding carboxylic acids is 1. The molecule has 0 aliphatic rings. The number of hydrogen-bond acceptors (Lipinski definition) is 5. The Balaban J connectivity index is 1.84. The minimum absolute atomic E-state index is 0.0152. The summed E-state index contributed by atoms with van der Waals surface area (Å²) < 4.78 is 31.6. The van der Waals surface area contributed by atoms with Gasteiger partial charge in [-0.3, -0.25) is 9.78 Å². The van der Waals surface area contributed by atoms with Gasteiger partial charge in [-0.15, -0.1) is 0 Å². The third-order valence-corrected chi connectivity index (χ3v) is 4.65. The molecule has 0 atom stereocenters. The van der Waals surface area contributed by atoms with Gasteiger partial charge in [0.05, 0.1) is 19.7 Å². The number of methoxy groups -OCH3 is 2. The molecular formula is C22H17FN2O4. The summed E-state index contributed by atoms with van der Waals surface area (Å²) in [5.74, 6) is 0.242. The molecule has 0 aliphatic carbocycles. The summed E-state index contributed by atoms with van der Waals surface area (Å²) in [5.41, 5.74) is 6.24. The topological polar surface area (TPSA) is 83.7 Å². The van der Waals surface area contributed by atoms with Crippen molar-refractivity contribution in [3.63, 3.8) is 0 Å². The zero-order valence-electron chi connectivity index (χ0n) is 15.7. The van der Waals surface area contributed by atoms with Crippen LogP contribution in [0.4, 0.5) is 4.39 Å². The molecule has 4 rings (SSSR count). The maximum Gasteiger partial charge on any atom is 0.249 e. The first-order valence-electron chi connectivity index (χ1n) is 8.73. The van der Waals surface area contributed by atoms with Crippen LogP contribution in [0.15, 0.2) is 54.7 Å². The molecule has 0 bridgehead atoms. The molecule has 29 heavy (non-hydrogen) atoms. The molecule has 0 saturated heterocycles.